The first-order valence-corrected chi connectivity index (χ1v) is 4.96. The predicted octanol–water partition coefficient (Wildman–Crippen LogP) is 0.478. The lowest BCUT2D eigenvalue weighted by molar-refractivity contribution is 0.0938. The number of hydrogen-bond donors (Lipinski definition) is 3. The van der Waals surface area contributed by atoms with Gasteiger partial charge in [0.05, 0.1) is 12.7 Å². The van der Waals surface area contributed by atoms with Crippen molar-refractivity contribution in [2.45, 2.75) is 13.0 Å². The van der Waals surface area contributed by atoms with Crippen LogP contribution in [0.25, 0.3) is 0 Å². The van der Waals surface area contributed by atoms with Gasteiger partial charge in [-0.05, 0) is 19.1 Å². The number of phenolic OH excluding ortho intramolecular Hbond substituents is 1. The van der Waals surface area contributed by atoms with Crippen LogP contribution < -0.4 is 15.8 Å². The molecule has 5 heteroatoms. The molecule has 88 valence electrons. The first kappa shape index (κ1) is 12.3. The van der Waals surface area contributed by atoms with E-state index >= 15 is 0 Å². The minimum atomic E-state index is -0.349. The smallest absolute Gasteiger partial charge is 0.255 e. The Morgan fingerprint density at radius 3 is 2.81 bits per heavy atom. The maximum absolute atomic E-state index is 11.7. The Hall–Kier alpha value is -1.75. The van der Waals surface area contributed by atoms with Crippen molar-refractivity contribution >= 4 is 5.91 Å². The second-order valence-corrected chi connectivity index (χ2v) is 3.49. The number of nitrogens with two attached hydrogens (primary N) is 1. The Kier molecular flexibility index (Phi) is 4.13. The SMILES string of the molecule is COc1ccc(C(=O)N[C@H](C)CN)c(O)c1. The largest absolute Gasteiger partial charge is 0.507 e. The number of amides is 1. The highest BCUT2D eigenvalue weighted by atomic mass is 16.5. The Morgan fingerprint density at radius 1 is 1.62 bits per heavy atom. The number of phenols is 1. The van der Waals surface area contributed by atoms with Crippen LogP contribution in [-0.4, -0.2) is 30.7 Å². The molecule has 4 N–H and O–H groups in total. The van der Waals surface area contributed by atoms with E-state index in [9.17, 15) is 9.90 Å². The molecule has 1 aromatic rings. The number of methoxy groups -OCH3 is 1. The fraction of sp³-hybridized carbons (Fsp3) is 0.364. The molecule has 1 aromatic carbocycles. The van der Waals surface area contributed by atoms with Crippen LogP contribution in [0, 0.1) is 0 Å². The molecular formula is C11H16N2O3. The molecule has 16 heavy (non-hydrogen) atoms. The topological polar surface area (TPSA) is 84.6 Å². The highest BCUT2D eigenvalue weighted by Gasteiger charge is 2.13. The van der Waals surface area contributed by atoms with Gasteiger partial charge < -0.3 is 20.9 Å². The molecule has 1 rings (SSSR count). The zero-order chi connectivity index (χ0) is 12.1. The lowest BCUT2D eigenvalue weighted by Crippen LogP contribution is -2.37. The minimum Gasteiger partial charge on any atom is -0.507 e. The van der Waals surface area contributed by atoms with E-state index < -0.39 is 0 Å². The molecular weight excluding hydrogens is 208 g/mol. The molecule has 0 spiro atoms. The van der Waals surface area contributed by atoms with Crippen LogP contribution in [0.1, 0.15) is 17.3 Å². The number of rotatable bonds is 4. The molecule has 1 amide bonds. The number of nitrogens with one attached hydrogen (secondary N) is 1. The average Bonchev–Trinajstić information content (AvgIpc) is 2.28. The summed E-state index contributed by atoms with van der Waals surface area (Å²) in [7, 11) is 1.49. The molecule has 0 aliphatic rings. The fourth-order valence-corrected chi connectivity index (χ4v) is 1.19. The lowest BCUT2D eigenvalue weighted by atomic mass is 10.1. The number of carbonyl (C=O) groups is 1. The second kappa shape index (κ2) is 5.37. The molecule has 0 radical (unpaired) electrons. The van der Waals surface area contributed by atoms with Crippen LogP contribution in [0.2, 0.25) is 0 Å². The second-order valence-electron chi connectivity index (χ2n) is 3.49. The van der Waals surface area contributed by atoms with E-state index in [1.54, 1.807) is 13.0 Å². The molecule has 0 saturated heterocycles. The zero-order valence-corrected chi connectivity index (χ0v) is 9.36. The highest BCUT2D eigenvalue weighted by Crippen LogP contribution is 2.23. The van der Waals surface area contributed by atoms with E-state index in [-0.39, 0.29) is 23.3 Å². The number of carbonyl (C=O) groups excluding carboxylic acids is 1. The van der Waals surface area contributed by atoms with Gasteiger partial charge in [-0.1, -0.05) is 0 Å². The van der Waals surface area contributed by atoms with Crippen LogP contribution in [0.5, 0.6) is 11.5 Å². The summed E-state index contributed by atoms with van der Waals surface area (Å²) >= 11 is 0. The third-order valence-electron chi connectivity index (χ3n) is 2.18. The lowest BCUT2D eigenvalue weighted by Gasteiger charge is -2.12. The Labute approximate surface area is 94.2 Å². The van der Waals surface area contributed by atoms with Crippen molar-refractivity contribution in [1.82, 2.24) is 5.32 Å². The number of aromatic hydroxyl groups is 1. The fourth-order valence-electron chi connectivity index (χ4n) is 1.19. The van der Waals surface area contributed by atoms with Crippen molar-refractivity contribution < 1.29 is 14.6 Å². The third-order valence-corrected chi connectivity index (χ3v) is 2.18. The van der Waals surface area contributed by atoms with Crippen molar-refractivity contribution in [3.8, 4) is 11.5 Å². The van der Waals surface area contributed by atoms with E-state index in [0.717, 1.165) is 0 Å². The summed E-state index contributed by atoms with van der Waals surface area (Å²) in [5, 5.41) is 12.3. The van der Waals surface area contributed by atoms with Crippen LogP contribution in [-0.2, 0) is 0 Å². The summed E-state index contributed by atoms with van der Waals surface area (Å²) < 4.78 is 4.92. The first-order chi connectivity index (χ1) is 7.58. The summed E-state index contributed by atoms with van der Waals surface area (Å²) in [6.07, 6.45) is 0. The molecule has 0 heterocycles. The van der Waals surface area contributed by atoms with Crippen LogP contribution >= 0.6 is 0 Å². The van der Waals surface area contributed by atoms with Gasteiger partial charge in [-0.15, -0.1) is 0 Å². The predicted molar refractivity (Wildman–Crippen MR) is 60.6 cm³/mol. The van der Waals surface area contributed by atoms with Crippen LogP contribution in [0.3, 0.4) is 0 Å². The highest BCUT2D eigenvalue weighted by molar-refractivity contribution is 5.97. The molecule has 0 bridgehead atoms. The van der Waals surface area contributed by atoms with Crippen LogP contribution in [0.15, 0.2) is 18.2 Å². The van der Waals surface area contributed by atoms with Crippen molar-refractivity contribution in [2.75, 3.05) is 13.7 Å². The summed E-state index contributed by atoms with van der Waals surface area (Å²) in [4.78, 5) is 11.7. The molecule has 0 aliphatic heterocycles. The van der Waals surface area contributed by atoms with Gasteiger partial charge in [0.25, 0.3) is 5.91 Å². The van der Waals surface area contributed by atoms with Gasteiger partial charge in [0.1, 0.15) is 11.5 Å². The maximum atomic E-state index is 11.7. The maximum Gasteiger partial charge on any atom is 0.255 e. The van der Waals surface area contributed by atoms with Gasteiger partial charge in [-0.2, -0.15) is 0 Å². The van der Waals surface area contributed by atoms with Crippen molar-refractivity contribution in [3.05, 3.63) is 23.8 Å². The molecule has 0 unspecified atom stereocenters. The van der Waals surface area contributed by atoms with E-state index in [4.69, 9.17) is 10.5 Å². The van der Waals surface area contributed by atoms with Gasteiger partial charge in [0.15, 0.2) is 0 Å². The van der Waals surface area contributed by atoms with Gasteiger partial charge in [0.2, 0.25) is 0 Å². The summed E-state index contributed by atoms with van der Waals surface area (Å²) in [6, 6.07) is 4.38. The van der Waals surface area contributed by atoms with Crippen molar-refractivity contribution in [3.63, 3.8) is 0 Å². The van der Waals surface area contributed by atoms with Gasteiger partial charge in [-0.3, -0.25) is 4.79 Å². The Balaban J connectivity index is 2.84. The van der Waals surface area contributed by atoms with E-state index in [2.05, 4.69) is 5.32 Å². The summed E-state index contributed by atoms with van der Waals surface area (Å²) in [5.41, 5.74) is 5.59. The summed E-state index contributed by atoms with van der Waals surface area (Å²) in [5.74, 6) is 0.0418. The van der Waals surface area contributed by atoms with E-state index in [1.807, 2.05) is 0 Å². The van der Waals surface area contributed by atoms with Crippen molar-refractivity contribution in [1.29, 1.82) is 0 Å². The quantitative estimate of drug-likeness (QED) is 0.694. The van der Waals surface area contributed by atoms with Gasteiger partial charge in [-0.25, -0.2) is 0 Å². The van der Waals surface area contributed by atoms with Crippen LogP contribution in [0.4, 0.5) is 0 Å². The van der Waals surface area contributed by atoms with Crippen molar-refractivity contribution in [2.24, 2.45) is 5.73 Å². The number of ether oxygens (including phenoxy) is 1. The molecule has 0 saturated carbocycles. The van der Waals surface area contributed by atoms with Gasteiger partial charge >= 0.3 is 0 Å². The molecule has 5 nitrogen and oxygen atoms in total. The third kappa shape index (κ3) is 2.87. The minimum absolute atomic E-state index is 0.110. The van der Waals surface area contributed by atoms with Gasteiger partial charge in [0, 0.05) is 18.7 Å². The summed E-state index contributed by atoms with van der Waals surface area (Å²) in [6.45, 7) is 2.14. The molecule has 0 aromatic heterocycles. The molecule has 0 fully saturated rings. The first-order valence-electron chi connectivity index (χ1n) is 4.96. The number of benzene rings is 1. The standard InChI is InChI=1S/C11H16N2O3/c1-7(6-12)13-11(15)9-4-3-8(16-2)5-10(9)14/h3-5,7,14H,6,12H2,1-2H3,(H,13,15)/t7-/m1/s1. The molecule has 1 atom stereocenters. The number of hydrogen-bond acceptors (Lipinski definition) is 4. The van der Waals surface area contributed by atoms with E-state index in [1.165, 1.54) is 19.2 Å². The zero-order valence-electron chi connectivity index (χ0n) is 9.36. The van der Waals surface area contributed by atoms with E-state index in [0.29, 0.717) is 12.3 Å². The Morgan fingerprint density at radius 2 is 2.31 bits per heavy atom. The monoisotopic (exact) mass is 224 g/mol. The normalized spacial score (nSPS) is 11.9. The molecule has 0 aliphatic carbocycles. The Bertz CT molecular complexity index is 379. The average molecular weight is 224 g/mol.